The van der Waals surface area contributed by atoms with E-state index in [1.54, 1.807) is 17.0 Å². The summed E-state index contributed by atoms with van der Waals surface area (Å²) in [6, 6.07) is 18.5. The van der Waals surface area contributed by atoms with E-state index in [1.165, 1.54) is 17.5 Å². The molecular weight excluding hydrogens is 392 g/mol. The number of hydrogen-bond donors (Lipinski definition) is 1. The van der Waals surface area contributed by atoms with Gasteiger partial charge in [-0.2, -0.15) is 0 Å². The Hall–Kier alpha value is -3.61. The molecule has 31 heavy (non-hydrogen) atoms. The lowest BCUT2D eigenvalue weighted by Gasteiger charge is -2.34. The lowest BCUT2D eigenvalue weighted by molar-refractivity contribution is -0.383. The highest BCUT2D eigenvalue weighted by atomic mass is 16.6. The summed E-state index contributed by atoms with van der Waals surface area (Å²) >= 11 is 0. The summed E-state index contributed by atoms with van der Waals surface area (Å²) in [5.74, 6) is -0.159. The van der Waals surface area contributed by atoms with E-state index in [1.807, 2.05) is 30.3 Å². The summed E-state index contributed by atoms with van der Waals surface area (Å²) in [7, 11) is 0. The first-order valence-corrected chi connectivity index (χ1v) is 10.5. The zero-order chi connectivity index (χ0) is 22.0. The van der Waals surface area contributed by atoms with Crippen LogP contribution in [0.15, 0.2) is 60.7 Å². The van der Waals surface area contributed by atoms with Crippen LogP contribution < -0.4 is 5.32 Å². The average molecular weight is 418 g/mol. The molecule has 0 saturated carbocycles. The van der Waals surface area contributed by atoms with Crippen LogP contribution in [-0.2, 0) is 0 Å². The Morgan fingerprint density at radius 3 is 2.26 bits per heavy atom. The molecule has 0 bridgehead atoms. The Bertz CT molecular complexity index is 1080. The first-order chi connectivity index (χ1) is 14.9. The van der Waals surface area contributed by atoms with Gasteiger partial charge in [0.25, 0.3) is 11.6 Å². The zero-order valence-corrected chi connectivity index (χ0v) is 17.7. The molecule has 7 nitrogen and oxygen atoms in total. The number of likely N-dealkylation sites (tertiary alicyclic amines) is 1. The lowest BCUT2D eigenvalue weighted by Crippen LogP contribution is -2.39. The minimum atomic E-state index is -0.452. The molecule has 0 aliphatic carbocycles. The fourth-order valence-electron chi connectivity index (χ4n) is 4.36. The third kappa shape index (κ3) is 4.30. The number of carbonyl (C=O) groups excluding carboxylic acids is 1. The number of amides is 1. The Kier molecular flexibility index (Phi) is 5.75. The van der Waals surface area contributed by atoms with Gasteiger partial charge in [0, 0.05) is 47.8 Å². The van der Waals surface area contributed by atoms with Gasteiger partial charge < -0.3 is 14.8 Å². The summed E-state index contributed by atoms with van der Waals surface area (Å²) in [5, 5.41) is 14.7. The van der Waals surface area contributed by atoms with Crippen LogP contribution in [0.25, 0.3) is 0 Å². The molecule has 2 aromatic carbocycles. The summed E-state index contributed by atoms with van der Waals surface area (Å²) in [6.45, 7) is 5.49. The molecule has 1 amide bonds. The SMILES string of the molecule is Cc1ccc(C)n1C1CCN(C(=O)c2ccc(Nc3ccccc3)c([N+](=O)[O-])c2)CC1. The molecule has 3 aromatic rings. The van der Waals surface area contributed by atoms with Crippen molar-refractivity contribution in [3.63, 3.8) is 0 Å². The van der Waals surface area contributed by atoms with Crippen molar-refractivity contribution in [1.82, 2.24) is 9.47 Å². The zero-order valence-electron chi connectivity index (χ0n) is 17.7. The van der Waals surface area contributed by atoms with E-state index in [4.69, 9.17) is 0 Å². The molecule has 0 unspecified atom stereocenters. The summed E-state index contributed by atoms with van der Waals surface area (Å²) in [5.41, 5.74) is 3.83. The molecule has 0 spiro atoms. The maximum Gasteiger partial charge on any atom is 0.293 e. The Balaban J connectivity index is 1.49. The highest BCUT2D eigenvalue weighted by Gasteiger charge is 2.27. The van der Waals surface area contributed by atoms with Gasteiger partial charge in [0.1, 0.15) is 5.69 Å². The third-order valence-electron chi connectivity index (χ3n) is 5.94. The Labute approximate surface area is 181 Å². The number of piperidine rings is 1. The number of nitrogens with zero attached hydrogens (tertiary/aromatic N) is 3. The molecule has 1 aromatic heterocycles. The van der Waals surface area contributed by atoms with E-state index >= 15 is 0 Å². The first kappa shape index (κ1) is 20.7. The molecule has 1 saturated heterocycles. The van der Waals surface area contributed by atoms with Crippen molar-refractivity contribution >= 4 is 23.0 Å². The van der Waals surface area contributed by atoms with E-state index in [0.717, 1.165) is 18.5 Å². The van der Waals surface area contributed by atoms with Crippen molar-refractivity contribution in [2.45, 2.75) is 32.7 Å². The van der Waals surface area contributed by atoms with Crippen LogP contribution in [0.5, 0.6) is 0 Å². The summed E-state index contributed by atoms with van der Waals surface area (Å²) in [6.07, 6.45) is 1.75. The smallest absolute Gasteiger partial charge is 0.293 e. The van der Waals surface area contributed by atoms with Crippen LogP contribution >= 0.6 is 0 Å². The van der Waals surface area contributed by atoms with Crippen LogP contribution in [-0.4, -0.2) is 33.4 Å². The molecule has 1 aliphatic rings. The minimum Gasteiger partial charge on any atom is -0.350 e. The molecule has 1 aliphatic heterocycles. The molecule has 1 N–H and O–H groups in total. The first-order valence-electron chi connectivity index (χ1n) is 10.5. The predicted octanol–water partition coefficient (Wildman–Crippen LogP) is 5.23. The molecule has 4 rings (SSSR count). The minimum absolute atomic E-state index is 0.108. The van der Waals surface area contributed by atoms with E-state index in [-0.39, 0.29) is 11.6 Å². The van der Waals surface area contributed by atoms with Crippen LogP contribution in [0.2, 0.25) is 0 Å². The maximum absolute atomic E-state index is 13.0. The van der Waals surface area contributed by atoms with Crippen LogP contribution in [0.4, 0.5) is 17.1 Å². The number of carbonyl (C=O) groups is 1. The van der Waals surface area contributed by atoms with Crippen molar-refractivity contribution in [2.24, 2.45) is 0 Å². The number of anilines is 2. The van der Waals surface area contributed by atoms with Crippen molar-refractivity contribution in [3.05, 3.63) is 87.7 Å². The highest BCUT2D eigenvalue weighted by molar-refractivity contribution is 5.96. The predicted molar refractivity (Wildman–Crippen MR) is 121 cm³/mol. The van der Waals surface area contributed by atoms with Crippen molar-refractivity contribution in [1.29, 1.82) is 0 Å². The van der Waals surface area contributed by atoms with E-state index in [0.29, 0.717) is 30.4 Å². The number of nitrogens with one attached hydrogen (secondary N) is 1. The van der Waals surface area contributed by atoms with Gasteiger partial charge in [0.2, 0.25) is 0 Å². The molecule has 7 heteroatoms. The largest absolute Gasteiger partial charge is 0.350 e. The molecule has 2 heterocycles. The van der Waals surface area contributed by atoms with Crippen molar-refractivity contribution in [2.75, 3.05) is 18.4 Å². The normalized spacial score (nSPS) is 14.5. The second kappa shape index (κ2) is 8.63. The highest BCUT2D eigenvalue weighted by Crippen LogP contribution is 2.31. The average Bonchev–Trinajstić information content (AvgIpc) is 3.12. The quantitative estimate of drug-likeness (QED) is 0.454. The molecule has 0 radical (unpaired) electrons. The molecular formula is C24H26N4O3. The standard InChI is InChI=1S/C24H26N4O3/c1-17-8-9-18(2)27(17)21-12-14-26(15-13-21)24(29)19-10-11-22(23(16-19)28(30)31)25-20-6-4-3-5-7-20/h3-11,16,21,25H,12-15H2,1-2H3. The lowest BCUT2D eigenvalue weighted by atomic mass is 10.0. The van der Waals surface area contributed by atoms with Gasteiger partial charge in [-0.25, -0.2) is 0 Å². The number of nitro benzene ring substituents is 1. The topological polar surface area (TPSA) is 80.4 Å². The number of aryl methyl sites for hydroxylation is 2. The number of hydrogen-bond acceptors (Lipinski definition) is 4. The molecule has 0 atom stereocenters. The monoisotopic (exact) mass is 418 g/mol. The number of benzene rings is 2. The molecule has 160 valence electrons. The summed E-state index contributed by atoms with van der Waals surface area (Å²) < 4.78 is 2.34. The number of aromatic nitrogens is 1. The van der Waals surface area contributed by atoms with Gasteiger partial charge in [-0.3, -0.25) is 14.9 Å². The van der Waals surface area contributed by atoms with E-state index in [2.05, 4.69) is 35.9 Å². The maximum atomic E-state index is 13.0. The van der Waals surface area contributed by atoms with Crippen LogP contribution in [0.1, 0.15) is 40.6 Å². The second-order valence-corrected chi connectivity index (χ2v) is 7.99. The number of para-hydroxylation sites is 1. The summed E-state index contributed by atoms with van der Waals surface area (Å²) in [4.78, 5) is 26.0. The third-order valence-corrected chi connectivity index (χ3v) is 5.94. The fourth-order valence-corrected chi connectivity index (χ4v) is 4.36. The van der Waals surface area contributed by atoms with Gasteiger partial charge in [0.15, 0.2) is 0 Å². The second-order valence-electron chi connectivity index (χ2n) is 7.99. The van der Waals surface area contributed by atoms with Crippen LogP contribution in [0, 0.1) is 24.0 Å². The van der Waals surface area contributed by atoms with Gasteiger partial charge in [-0.05, 0) is 63.1 Å². The fraction of sp³-hybridized carbons (Fsp3) is 0.292. The van der Waals surface area contributed by atoms with E-state index in [9.17, 15) is 14.9 Å². The number of nitro groups is 1. The van der Waals surface area contributed by atoms with Gasteiger partial charge in [0.05, 0.1) is 4.92 Å². The Morgan fingerprint density at radius 2 is 1.65 bits per heavy atom. The van der Waals surface area contributed by atoms with Gasteiger partial charge in [-0.1, -0.05) is 18.2 Å². The number of rotatable bonds is 5. The van der Waals surface area contributed by atoms with Gasteiger partial charge >= 0.3 is 0 Å². The van der Waals surface area contributed by atoms with E-state index < -0.39 is 4.92 Å². The van der Waals surface area contributed by atoms with Crippen molar-refractivity contribution in [3.8, 4) is 0 Å². The molecule has 1 fully saturated rings. The van der Waals surface area contributed by atoms with Crippen molar-refractivity contribution < 1.29 is 9.72 Å². The van der Waals surface area contributed by atoms with Crippen LogP contribution in [0.3, 0.4) is 0 Å². The Morgan fingerprint density at radius 1 is 1.00 bits per heavy atom. The van der Waals surface area contributed by atoms with Gasteiger partial charge in [-0.15, -0.1) is 0 Å².